The van der Waals surface area contributed by atoms with Crippen molar-refractivity contribution >= 4 is 11.8 Å². The molecule has 1 fully saturated rings. The lowest BCUT2D eigenvalue weighted by Gasteiger charge is -2.36. The van der Waals surface area contributed by atoms with Crippen LogP contribution in [0.1, 0.15) is 27.2 Å². The molecule has 0 aliphatic carbocycles. The number of carbonyl (C=O) groups is 2. The first-order chi connectivity index (χ1) is 9.30. The number of aliphatic hydroxyl groups is 1. The zero-order chi connectivity index (χ0) is 15.2. The number of piperazine rings is 1. The van der Waals surface area contributed by atoms with Gasteiger partial charge in [0, 0.05) is 32.7 Å². The fraction of sp³-hybridized carbons (Fsp3) is 0.857. The Morgan fingerprint density at radius 2 is 1.70 bits per heavy atom. The fourth-order valence-electron chi connectivity index (χ4n) is 2.33. The molecule has 1 rings (SSSR count). The van der Waals surface area contributed by atoms with Crippen LogP contribution < -0.4 is 0 Å². The second-order valence-electron chi connectivity index (χ2n) is 5.89. The van der Waals surface area contributed by atoms with Gasteiger partial charge < -0.3 is 9.84 Å². The average molecular weight is 286 g/mol. The Morgan fingerprint density at radius 1 is 1.15 bits per heavy atom. The van der Waals surface area contributed by atoms with E-state index in [4.69, 9.17) is 4.74 Å². The lowest BCUT2D eigenvalue weighted by Crippen LogP contribution is -2.51. The van der Waals surface area contributed by atoms with E-state index in [1.54, 1.807) is 20.8 Å². The number of ether oxygens (including phenoxy) is 1. The first kappa shape index (κ1) is 17.1. The highest BCUT2D eigenvalue weighted by Gasteiger charge is 2.24. The van der Waals surface area contributed by atoms with Crippen LogP contribution in [0.15, 0.2) is 0 Å². The average Bonchev–Trinajstić information content (AvgIpc) is 2.30. The molecule has 1 aliphatic rings. The molecule has 1 N–H and O–H groups in total. The fourth-order valence-corrected chi connectivity index (χ4v) is 2.33. The first-order valence-electron chi connectivity index (χ1n) is 7.14. The van der Waals surface area contributed by atoms with E-state index >= 15 is 0 Å². The van der Waals surface area contributed by atoms with Gasteiger partial charge in [-0.15, -0.1) is 0 Å². The van der Waals surface area contributed by atoms with Gasteiger partial charge in [0.25, 0.3) is 0 Å². The summed E-state index contributed by atoms with van der Waals surface area (Å²) in [5, 5.41) is 9.77. The molecular weight excluding hydrogens is 260 g/mol. The van der Waals surface area contributed by atoms with Crippen LogP contribution in [0.2, 0.25) is 0 Å². The Hall–Kier alpha value is -0.980. The minimum absolute atomic E-state index is 0.0978. The number of carbonyl (C=O) groups excluding carboxylic acids is 2. The molecule has 0 aromatic carbocycles. The number of ketones is 1. The van der Waals surface area contributed by atoms with Gasteiger partial charge in [-0.25, -0.2) is 0 Å². The van der Waals surface area contributed by atoms with Gasteiger partial charge in [-0.05, 0) is 20.8 Å². The predicted molar refractivity (Wildman–Crippen MR) is 75.4 cm³/mol. The van der Waals surface area contributed by atoms with Crippen LogP contribution in [-0.4, -0.2) is 78.1 Å². The van der Waals surface area contributed by atoms with Crippen molar-refractivity contribution in [2.24, 2.45) is 0 Å². The molecule has 0 aromatic rings. The largest absolute Gasteiger partial charge is 0.466 e. The van der Waals surface area contributed by atoms with Gasteiger partial charge in [0.1, 0.15) is 6.42 Å². The Kier molecular flexibility index (Phi) is 6.58. The third-order valence-corrected chi connectivity index (χ3v) is 3.12. The monoisotopic (exact) mass is 286 g/mol. The van der Waals surface area contributed by atoms with Gasteiger partial charge in [0.2, 0.25) is 0 Å². The summed E-state index contributed by atoms with van der Waals surface area (Å²) in [6.45, 7) is 9.78. The van der Waals surface area contributed by atoms with Crippen molar-refractivity contribution in [2.75, 3.05) is 45.9 Å². The van der Waals surface area contributed by atoms with Crippen LogP contribution in [0, 0.1) is 0 Å². The summed E-state index contributed by atoms with van der Waals surface area (Å²) >= 11 is 0. The van der Waals surface area contributed by atoms with Gasteiger partial charge in [0.15, 0.2) is 5.78 Å². The topological polar surface area (TPSA) is 70.1 Å². The standard InChI is InChI=1S/C14H26N2O4/c1-4-20-13(18)9-12(17)10-15-5-7-16(8-6-15)11-14(2,3)19/h19H,4-11H2,1-3H3. The Morgan fingerprint density at radius 3 is 2.20 bits per heavy atom. The maximum Gasteiger partial charge on any atom is 0.313 e. The Labute approximate surface area is 120 Å². The minimum Gasteiger partial charge on any atom is -0.466 e. The van der Waals surface area contributed by atoms with Crippen molar-refractivity contribution < 1.29 is 19.4 Å². The van der Waals surface area contributed by atoms with Crippen LogP contribution in [0.5, 0.6) is 0 Å². The lowest BCUT2D eigenvalue weighted by molar-refractivity contribution is -0.145. The lowest BCUT2D eigenvalue weighted by atomic mass is 10.1. The zero-order valence-corrected chi connectivity index (χ0v) is 12.7. The molecule has 1 heterocycles. The van der Waals surface area contributed by atoms with Gasteiger partial charge in [-0.3, -0.25) is 19.4 Å². The zero-order valence-electron chi connectivity index (χ0n) is 12.7. The molecule has 0 unspecified atom stereocenters. The third-order valence-electron chi connectivity index (χ3n) is 3.12. The van der Waals surface area contributed by atoms with E-state index in [1.165, 1.54) is 0 Å². The van der Waals surface area contributed by atoms with Gasteiger partial charge >= 0.3 is 5.97 Å². The molecule has 6 nitrogen and oxygen atoms in total. The summed E-state index contributed by atoms with van der Waals surface area (Å²) in [4.78, 5) is 27.1. The highest BCUT2D eigenvalue weighted by Crippen LogP contribution is 2.08. The van der Waals surface area contributed by atoms with Crippen LogP contribution in [0.3, 0.4) is 0 Å². The van der Waals surface area contributed by atoms with Crippen molar-refractivity contribution in [1.82, 2.24) is 9.80 Å². The van der Waals surface area contributed by atoms with Crippen molar-refractivity contribution in [3.8, 4) is 0 Å². The minimum atomic E-state index is -0.693. The number of esters is 1. The third kappa shape index (κ3) is 6.98. The number of rotatable bonds is 7. The summed E-state index contributed by atoms with van der Waals surface area (Å²) in [6.07, 6.45) is -0.141. The Balaban J connectivity index is 2.25. The second kappa shape index (κ2) is 7.71. The Bertz CT molecular complexity index is 331. The summed E-state index contributed by atoms with van der Waals surface area (Å²) in [5.74, 6) is -0.544. The molecule has 0 saturated carbocycles. The van der Waals surface area contributed by atoms with E-state index in [2.05, 4.69) is 4.90 Å². The van der Waals surface area contributed by atoms with Crippen molar-refractivity contribution in [3.05, 3.63) is 0 Å². The van der Waals surface area contributed by atoms with Crippen LogP contribution >= 0.6 is 0 Å². The molecule has 0 amide bonds. The van der Waals surface area contributed by atoms with Gasteiger partial charge in [-0.1, -0.05) is 0 Å². The van der Waals surface area contributed by atoms with Crippen molar-refractivity contribution in [2.45, 2.75) is 32.8 Å². The van der Waals surface area contributed by atoms with E-state index in [0.29, 0.717) is 19.7 Å². The van der Waals surface area contributed by atoms with Gasteiger partial charge in [0.05, 0.1) is 18.8 Å². The molecule has 0 aromatic heterocycles. The van der Waals surface area contributed by atoms with Crippen LogP contribution in [0.25, 0.3) is 0 Å². The first-order valence-corrected chi connectivity index (χ1v) is 7.14. The molecule has 20 heavy (non-hydrogen) atoms. The van der Waals surface area contributed by atoms with Crippen molar-refractivity contribution in [3.63, 3.8) is 0 Å². The molecule has 0 radical (unpaired) electrons. The molecule has 1 aliphatic heterocycles. The van der Waals surface area contributed by atoms with Crippen molar-refractivity contribution in [1.29, 1.82) is 0 Å². The molecule has 0 bridgehead atoms. The summed E-state index contributed by atoms with van der Waals surface area (Å²) < 4.78 is 4.76. The van der Waals surface area contributed by atoms with E-state index in [0.717, 1.165) is 26.2 Å². The van der Waals surface area contributed by atoms with Crippen LogP contribution in [-0.2, 0) is 14.3 Å². The quantitative estimate of drug-likeness (QED) is 0.520. The van der Waals surface area contributed by atoms with E-state index in [1.807, 2.05) is 4.90 Å². The predicted octanol–water partition coefficient (Wildman–Crippen LogP) is -0.103. The molecule has 116 valence electrons. The van der Waals surface area contributed by atoms with E-state index in [9.17, 15) is 14.7 Å². The molecule has 0 spiro atoms. The maximum atomic E-state index is 11.7. The summed E-state index contributed by atoms with van der Waals surface area (Å²) in [5.41, 5.74) is -0.693. The van der Waals surface area contributed by atoms with E-state index < -0.39 is 11.6 Å². The highest BCUT2D eigenvalue weighted by atomic mass is 16.5. The SMILES string of the molecule is CCOC(=O)CC(=O)CN1CCN(CC(C)(C)O)CC1. The number of hydrogen-bond acceptors (Lipinski definition) is 6. The van der Waals surface area contributed by atoms with E-state index in [-0.39, 0.29) is 12.2 Å². The maximum absolute atomic E-state index is 11.7. The number of nitrogens with zero attached hydrogens (tertiary/aromatic N) is 2. The molecule has 0 atom stereocenters. The summed E-state index contributed by atoms with van der Waals surface area (Å²) in [6, 6.07) is 0. The summed E-state index contributed by atoms with van der Waals surface area (Å²) in [7, 11) is 0. The number of β-amino-alcohol motifs (C(OH)–C–C–N with tert-alkyl or cyclic N) is 1. The highest BCUT2D eigenvalue weighted by molar-refractivity contribution is 5.96. The molecule has 6 heteroatoms. The van der Waals surface area contributed by atoms with Gasteiger partial charge in [-0.2, -0.15) is 0 Å². The van der Waals surface area contributed by atoms with Crippen LogP contribution in [0.4, 0.5) is 0 Å². The number of hydrogen-bond donors (Lipinski definition) is 1. The molecular formula is C14H26N2O4. The normalized spacial score (nSPS) is 18.0. The molecule has 1 saturated heterocycles. The second-order valence-corrected chi connectivity index (χ2v) is 5.89. The smallest absolute Gasteiger partial charge is 0.313 e. The number of Topliss-reactive ketones (excluding diaryl/α,β-unsaturated/α-hetero) is 1.